The lowest BCUT2D eigenvalue weighted by Gasteiger charge is -2.28. The highest BCUT2D eigenvalue weighted by Crippen LogP contribution is 2.24. The second kappa shape index (κ2) is 9.27. The van der Waals surface area contributed by atoms with E-state index in [0.29, 0.717) is 29.5 Å². The molecule has 0 saturated heterocycles. The smallest absolute Gasteiger partial charge is 0.247 e. The number of nitrogens with one attached hydrogen (secondary N) is 1. The number of methoxy groups -OCH3 is 1. The fraction of sp³-hybridized carbons (Fsp3) is 0.250. The van der Waals surface area contributed by atoms with Crippen LogP contribution in [0.1, 0.15) is 6.92 Å². The number of nitrogens with zero attached hydrogens (tertiary/aromatic N) is 1. The maximum atomic E-state index is 12.7. The van der Waals surface area contributed by atoms with E-state index in [1.807, 2.05) is 0 Å². The number of amides is 1. The Labute approximate surface area is 165 Å². The number of hydrogen-bond donors (Lipinski definition) is 1. The highest BCUT2D eigenvalue weighted by Gasteiger charge is 2.29. The molecule has 0 aliphatic heterocycles. The first-order valence-electron chi connectivity index (χ1n) is 8.54. The summed E-state index contributed by atoms with van der Waals surface area (Å²) in [7, 11) is -2.17. The quantitative estimate of drug-likeness (QED) is 0.650. The van der Waals surface area contributed by atoms with E-state index in [4.69, 9.17) is 9.47 Å². The normalized spacial score (nSPS) is 12.0. The van der Waals surface area contributed by atoms with E-state index in [2.05, 4.69) is 11.9 Å². The molecule has 2 aromatic carbocycles. The van der Waals surface area contributed by atoms with Gasteiger partial charge in [-0.2, -0.15) is 0 Å². The van der Waals surface area contributed by atoms with E-state index in [0.717, 1.165) is 10.6 Å². The summed E-state index contributed by atoms with van der Waals surface area (Å²) in [5.74, 6) is 0.774. The molecule has 0 saturated carbocycles. The third-order valence-corrected chi connectivity index (χ3v) is 5.15. The zero-order valence-electron chi connectivity index (χ0n) is 16.1. The Kier molecular flexibility index (Phi) is 7.06. The van der Waals surface area contributed by atoms with Crippen LogP contribution in [-0.4, -0.2) is 40.3 Å². The maximum Gasteiger partial charge on any atom is 0.247 e. The van der Waals surface area contributed by atoms with Gasteiger partial charge in [0.05, 0.1) is 19.1 Å². The van der Waals surface area contributed by atoms with E-state index < -0.39 is 22.0 Å². The van der Waals surface area contributed by atoms with E-state index in [9.17, 15) is 13.2 Å². The minimum Gasteiger partial charge on any atom is -0.497 e. The molecule has 2 aromatic rings. The number of ether oxygens (including phenoxy) is 2. The highest BCUT2D eigenvalue weighted by atomic mass is 32.2. The summed E-state index contributed by atoms with van der Waals surface area (Å²) < 4.78 is 36.2. The van der Waals surface area contributed by atoms with E-state index >= 15 is 0 Å². The lowest BCUT2D eigenvalue weighted by molar-refractivity contribution is -0.116. The van der Waals surface area contributed by atoms with Crippen LogP contribution in [0.25, 0.3) is 0 Å². The summed E-state index contributed by atoms with van der Waals surface area (Å²) in [6.45, 7) is 5.49. The van der Waals surface area contributed by atoms with Gasteiger partial charge in [-0.25, -0.2) is 8.42 Å². The van der Waals surface area contributed by atoms with Gasteiger partial charge in [0, 0.05) is 5.69 Å². The van der Waals surface area contributed by atoms with Crippen LogP contribution >= 0.6 is 0 Å². The molecule has 0 spiro atoms. The van der Waals surface area contributed by atoms with Crippen LogP contribution in [0.3, 0.4) is 0 Å². The second-order valence-corrected chi connectivity index (χ2v) is 7.91. The molecule has 150 valence electrons. The van der Waals surface area contributed by atoms with Gasteiger partial charge in [-0.05, 0) is 55.5 Å². The zero-order chi connectivity index (χ0) is 20.7. The van der Waals surface area contributed by atoms with Crippen molar-refractivity contribution in [1.82, 2.24) is 0 Å². The van der Waals surface area contributed by atoms with Crippen molar-refractivity contribution in [2.24, 2.45) is 0 Å². The van der Waals surface area contributed by atoms with Crippen LogP contribution < -0.4 is 19.1 Å². The Morgan fingerprint density at radius 2 is 1.71 bits per heavy atom. The van der Waals surface area contributed by atoms with Crippen molar-refractivity contribution >= 4 is 27.3 Å². The summed E-state index contributed by atoms with van der Waals surface area (Å²) >= 11 is 0. The third-order valence-electron chi connectivity index (χ3n) is 3.91. The molecule has 0 unspecified atom stereocenters. The van der Waals surface area contributed by atoms with Crippen molar-refractivity contribution in [3.8, 4) is 11.5 Å². The molecule has 0 aliphatic carbocycles. The molecule has 0 aliphatic rings. The Bertz CT molecular complexity index is 909. The van der Waals surface area contributed by atoms with Crippen molar-refractivity contribution in [1.29, 1.82) is 0 Å². The van der Waals surface area contributed by atoms with Gasteiger partial charge in [0.25, 0.3) is 0 Å². The van der Waals surface area contributed by atoms with Crippen molar-refractivity contribution in [3.05, 3.63) is 61.2 Å². The van der Waals surface area contributed by atoms with Crippen molar-refractivity contribution in [3.63, 3.8) is 0 Å². The summed E-state index contributed by atoms with van der Waals surface area (Å²) in [5.41, 5.74) is 0.908. The predicted octanol–water partition coefficient (Wildman–Crippen LogP) is 3.05. The molecule has 0 bridgehead atoms. The molecule has 1 N–H and O–H groups in total. The predicted molar refractivity (Wildman–Crippen MR) is 111 cm³/mol. The molecular weight excluding hydrogens is 380 g/mol. The first-order valence-corrected chi connectivity index (χ1v) is 10.4. The number of benzene rings is 2. The fourth-order valence-electron chi connectivity index (χ4n) is 2.57. The molecule has 0 heterocycles. The monoisotopic (exact) mass is 404 g/mol. The molecule has 2 rings (SSSR count). The first kappa shape index (κ1) is 21.3. The molecule has 7 nitrogen and oxygen atoms in total. The van der Waals surface area contributed by atoms with Crippen LogP contribution in [-0.2, 0) is 14.8 Å². The van der Waals surface area contributed by atoms with E-state index in [1.165, 1.54) is 14.0 Å². The van der Waals surface area contributed by atoms with Crippen LogP contribution in [0.4, 0.5) is 11.4 Å². The number of rotatable bonds is 9. The third kappa shape index (κ3) is 5.50. The largest absolute Gasteiger partial charge is 0.497 e. The standard InChI is InChI=1S/C20H24N2O5S/c1-5-14-27-19-10-6-16(7-11-19)21-20(23)15(2)22(28(4,24)25)17-8-12-18(26-3)13-9-17/h5-13,15H,1,14H2,2-4H3,(H,21,23)/t15-/m1/s1. The van der Waals surface area contributed by atoms with Gasteiger partial charge in [-0.15, -0.1) is 0 Å². The number of hydrogen-bond acceptors (Lipinski definition) is 5. The van der Waals surface area contributed by atoms with Gasteiger partial charge in [0.15, 0.2) is 0 Å². The van der Waals surface area contributed by atoms with Gasteiger partial charge in [-0.3, -0.25) is 9.10 Å². The summed E-state index contributed by atoms with van der Waals surface area (Å²) in [6.07, 6.45) is 2.70. The number of anilines is 2. The van der Waals surface area contributed by atoms with Gasteiger partial charge in [-0.1, -0.05) is 12.7 Å². The van der Waals surface area contributed by atoms with Crippen LogP contribution in [0.5, 0.6) is 11.5 Å². The molecular formula is C20H24N2O5S. The molecule has 1 atom stereocenters. The highest BCUT2D eigenvalue weighted by molar-refractivity contribution is 7.92. The fourth-order valence-corrected chi connectivity index (χ4v) is 3.75. The number of carbonyl (C=O) groups excluding carboxylic acids is 1. The Morgan fingerprint density at radius 1 is 1.14 bits per heavy atom. The Hall–Kier alpha value is -3.00. The van der Waals surface area contributed by atoms with Crippen LogP contribution in [0, 0.1) is 0 Å². The van der Waals surface area contributed by atoms with Crippen LogP contribution in [0.2, 0.25) is 0 Å². The van der Waals surface area contributed by atoms with Crippen molar-refractivity contribution < 1.29 is 22.7 Å². The molecule has 1 amide bonds. The first-order chi connectivity index (χ1) is 13.3. The second-order valence-electron chi connectivity index (χ2n) is 6.05. The summed E-state index contributed by atoms with van der Waals surface area (Å²) in [4.78, 5) is 12.7. The molecule has 0 aromatic heterocycles. The van der Waals surface area contributed by atoms with Crippen molar-refractivity contribution in [2.75, 3.05) is 29.6 Å². The van der Waals surface area contributed by atoms with E-state index in [1.54, 1.807) is 54.6 Å². The molecule has 8 heteroatoms. The minimum absolute atomic E-state index is 0.374. The molecule has 28 heavy (non-hydrogen) atoms. The average molecular weight is 404 g/mol. The Balaban J connectivity index is 2.18. The zero-order valence-corrected chi connectivity index (χ0v) is 16.9. The molecule has 0 radical (unpaired) electrons. The van der Waals surface area contributed by atoms with Gasteiger partial charge < -0.3 is 14.8 Å². The minimum atomic E-state index is -3.69. The topological polar surface area (TPSA) is 84.9 Å². The van der Waals surface area contributed by atoms with Gasteiger partial charge >= 0.3 is 0 Å². The maximum absolute atomic E-state index is 12.7. The SMILES string of the molecule is C=CCOc1ccc(NC(=O)[C@@H](C)N(c2ccc(OC)cc2)S(C)(=O)=O)cc1. The summed E-state index contributed by atoms with van der Waals surface area (Å²) in [5, 5.41) is 2.72. The van der Waals surface area contributed by atoms with E-state index in [-0.39, 0.29) is 0 Å². The number of carbonyl (C=O) groups is 1. The van der Waals surface area contributed by atoms with Gasteiger partial charge in [0.1, 0.15) is 24.1 Å². The average Bonchev–Trinajstić information content (AvgIpc) is 2.67. The lowest BCUT2D eigenvalue weighted by atomic mass is 10.2. The Morgan fingerprint density at radius 3 is 2.21 bits per heavy atom. The molecule has 0 fully saturated rings. The van der Waals surface area contributed by atoms with Gasteiger partial charge in [0.2, 0.25) is 15.9 Å². The van der Waals surface area contributed by atoms with Crippen molar-refractivity contribution in [2.45, 2.75) is 13.0 Å². The number of sulfonamides is 1. The van der Waals surface area contributed by atoms with Crippen LogP contribution in [0.15, 0.2) is 61.2 Å². The summed E-state index contributed by atoms with van der Waals surface area (Å²) in [6, 6.07) is 12.3. The lowest BCUT2D eigenvalue weighted by Crippen LogP contribution is -2.45.